The number of carbonyl (C=O) groups excluding carboxylic acids is 1. The van der Waals surface area contributed by atoms with Crippen molar-refractivity contribution < 1.29 is 14.3 Å². The quantitative estimate of drug-likeness (QED) is 0.431. The van der Waals surface area contributed by atoms with Gasteiger partial charge in [0.2, 0.25) is 0 Å². The van der Waals surface area contributed by atoms with Gasteiger partial charge in [0.1, 0.15) is 0 Å². The summed E-state index contributed by atoms with van der Waals surface area (Å²) in [6.45, 7) is 4.93. The average Bonchev–Trinajstić information content (AvgIpc) is 3.18. The van der Waals surface area contributed by atoms with Crippen molar-refractivity contribution in [3.8, 4) is 0 Å². The molecule has 0 spiro atoms. The van der Waals surface area contributed by atoms with Crippen molar-refractivity contribution >= 4 is 37.1 Å². The number of hydrogen-bond donors (Lipinski definition) is 0. The Morgan fingerprint density at radius 3 is 2.68 bits per heavy atom. The summed E-state index contributed by atoms with van der Waals surface area (Å²) in [5, 5.41) is 1.40. The summed E-state index contributed by atoms with van der Waals surface area (Å²) in [4.78, 5) is 12.1. The standard InChI is InChI=1S/C23H28O3SSe/c1-4-27-17(2)20-12-8-9-13-21(20)28-16-23(19-10-6-5-7-11-19)14-18(15-26-23)22(24)25-3/h5-13,17-18H,4,14-16H2,1-3H3/t17-,18-,23+/m1/s1. The van der Waals surface area contributed by atoms with Gasteiger partial charge >= 0.3 is 179 Å². The maximum atomic E-state index is 12.1. The minimum atomic E-state index is -0.408. The van der Waals surface area contributed by atoms with Gasteiger partial charge in [0.05, 0.1) is 0 Å². The maximum absolute atomic E-state index is 12.1. The van der Waals surface area contributed by atoms with E-state index in [2.05, 4.69) is 50.2 Å². The summed E-state index contributed by atoms with van der Waals surface area (Å²) in [6, 6.07) is 19.1. The molecule has 2 aromatic rings. The van der Waals surface area contributed by atoms with E-state index in [0.29, 0.717) is 18.3 Å². The van der Waals surface area contributed by atoms with Crippen LogP contribution in [-0.4, -0.2) is 40.4 Å². The van der Waals surface area contributed by atoms with Crippen LogP contribution in [0.25, 0.3) is 0 Å². The molecule has 1 fully saturated rings. The summed E-state index contributed by atoms with van der Waals surface area (Å²) in [5.41, 5.74) is 2.19. The van der Waals surface area contributed by atoms with Crippen molar-refractivity contribution in [1.29, 1.82) is 0 Å². The molecule has 0 radical (unpaired) electrons. The molecule has 150 valence electrons. The molecule has 28 heavy (non-hydrogen) atoms. The van der Waals surface area contributed by atoms with E-state index in [1.54, 1.807) is 0 Å². The summed E-state index contributed by atoms with van der Waals surface area (Å²) in [7, 11) is 1.46. The summed E-state index contributed by atoms with van der Waals surface area (Å²) >= 11 is 2.23. The first kappa shape index (κ1) is 21.4. The fourth-order valence-corrected chi connectivity index (χ4v) is 7.57. The van der Waals surface area contributed by atoms with E-state index >= 15 is 0 Å². The van der Waals surface area contributed by atoms with Crippen LogP contribution in [-0.2, 0) is 19.9 Å². The van der Waals surface area contributed by atoms with Crippen molar-refractivity contribution in [2.45, 2.75) is 36.4 Å². The van der Waals surface area contributed by atoms with Crippen LogP contribution in [0.4, 0.5) is 0 Å². The zero-order valence-electron chi connectivity index (χ0n) is 16.7. The Morgan fingerprint density at radius 2 is 1.96 bits per heavy atom. The van der Waals surface area contributed by atoms with Gasteiger partial charge in [0.15, 0.2) is 0 Å². The fraction of sp³-hybridized carbons (Fsp3) is 0.435. The normalized spacial score (nSPS) is 22.8. The van der Waals surface area contributed by atoms with E-state index in [-0.39, 0.29) is 26.8 Å². The number of rotatable bonds is 8. The van der Waals surface area contributed by atoms with Gasteiger partial charge in [-0.25, -0.2) is 0 Å². The predicted octanol–water partition coefficient (Wildman–Crippen LogP) is 4.35. The molecule has 0 aliphatic carbocycles. The molecular formula is C23H28O3SSe. The topological polar surface area (TPSA) is 35.5 Å². The Kier molecular flexibility index (Phi) is 7.64. The van der Waals surface area contributed by atoms with Crippen molar-refractivity contribution in [2.75, 3.05) is 19.5 Å². The number of ether oxygens (including phenoxy) is 2. The van der Waals surface area contributed by atoms with Crippen molar-refractivity contribution in [3.05, 3.63) is 65.7 Å². The molecule has 3 nitrogen and oxygen atoms in total. The first-order valence-corrected chi connectivity index (χ1v) is 12.8. The molecule has 1 aliphatic heterocycles. The average molecular weight is 464 g/mol. The van der Waals surface area contributed by atoms with Gasteiger partial charge in [-0.1, -0.05) is 0 Å². The molecule has 0 N–H and O–H groups in total. The van der Waals surface area contributed by atoms with Crippen molar-refractivity contribution in [2.24, 2.45) is 5.92 Å². The van der Waals surface area contributed by atoms with Gasteiger partial charge < -0.3 is 0 Å². The summed E-state index contributed by atoms with van der Waals surface area (Å²) in [6.07, 6.45) is 0.687. The van der Waals surface area contributed by atoms with Gasteiger partial charge in [-0.2, -0.15) is 0 Å². The molecule has 3 atom stereocenters. The van der Waals surface area contributed by atoms with E-state index in [1.807, 2.05) is 30.0 Å². The number of esters is 1. The first-order chi connectivity index (χ1) is 13.6. The molecule has 2 aromatic carbocycles. The van der Waals surface area contributed by atoms with Crippen LogP contribution in [0, 0.1) is 5.92 Å². The molecular weight excluding hydrogens is 435 g/mol. The molecule has 1 saturated heterocycles. The van der Waals surface area contributed by atoms with Crippen LogP contribution in [0.15, 0.2) is 54.6 Å². The van der Waals surface area contributed by atoms with Gasteiger partial charge in [-0.15, -0.1) is 0 Å². The summed E-state index contributed by atoms with van der Waals surface area (Å²) in [5.74, 6) is 0.755. The third kappa shape index (κ3) is 4.83. The summed E-state index contributed by atoms with van der Waals surface area (Å²) < 4.78 is 12.8. The predicted molar refractivity (Wildman–Crippen MR) is 117 cm³/mol. The van der Waals surface area contributed by atoms with E-state index < -0.39 is 5.60 Å². The molecule has 0 amide bonds. The Balaban J connectivity index is 1.84. The molecule has 5 heteroatoms. The molecule has 1 aliphatic rings. The zero-order chi connectivity index (χ0) is 20.0. The van der Waals surface area contributed by atoms with Crippen LogP contribution in [0.3, 0.4) is 0 Å². The number of carbonyl (C=O) groups is 1. The minimum absolute atomic E-state index is 0.168. The van der Waals surface area contributed by atoms with Gasteiger partial charge in [0.25, 0.3) is 0 Å². The second-order valence-corrected chi connectivity index (χ2v) is 10.8. The Hall–Kier alpha value is -1.26. The SMILES string of the molecule is CCS[C@H](C)c1ccccc1[Se]C[C@]1(c2ccccc2)C[C@@H](C(=O)OC)CO1. The monoisotopic (exact) mass is 464 g/mol. The number of thioether (sulfide) groups is 1. The second kappa shape index (κ2) is 9.98. The fourth-order valence-electron chi connectivity index (χ4n) is 3.70. The van der Waals surface area contributed by atoms with Crippen LogP contribution in [0.5, 0.6) is 0 Å². The second-order valence-electron chi connectivity index (χ2n) is 7.02. The number of hydrogen-bond acceptors (Lipinski definition) is 4. The van der Waals surface area contributed by atoms with Crippen molar-refractivity contribution in [1.82, 2.24) is 0 Å². The van der Waals surface area contributed by atoms with E-state index in [1.165, 1.54) is 17.1 Å². The Morgan fingerprint density at radius 1 is 1.25 bits per heavy atom. The molecule has 0 saturated carbocycles. The Bertz CT molecular complexity index is 782. The van der Waals surface area contributed by atoms with Gasteiger partial charge in [-0.3, -0.25) is 0 Å². The molecule has 0 unspecified atom stereocenters. The van der Waals surface area contributed by atoms with Crippen molar-refractivity contribution in [3.63, 3.8) is 0 Å². The molecule has 1 heterocycles. The number of benzene rings is 2. The van der Waals surface area contributed by atoms with E-state index in [4.69, 9.17) is 9.47 Å². The third-order valence-electron chi connectivity index (χ3n) is 5.21. The molecule has 3 rings (SSSR count). The van der Waals surface area contributed by atoms with Gasteiger partial charge in [-0.05, 0) is 0 Å². The zero-order valence-corrected chi connectivity index (χ0v) is 19.3. The van der Waals surface area contributed by atoms with E-state index in [9.17, 15) is 4.79 Å². The molecule has 0 bridgehead atoms. The van der Waals surface area contributed by atoms with E-state index in [0.717, 1.165) is 16.6 Å². The van der Waals surface area contributed by atoms with Crippen LogP contribution >= 0.6 is 11.8 Å². The number of methoxy groups -OCH3 is 1. The molecule has 0 aromatic heterocycles. The third-order valence-corrected chi connectivity index (χ3v) is 9.01. The van der Waals surface area contributed by atoms with Gasteiger partial charge in [0, 0.05) is 0 Å². The van der Waals surface area contributed by atoms with Crippen LogP contribution in [0.2, 0.25) is 5.32 Å². The first-order valence-electron chi connectivity index (χ1n) is 9.70. The van der Waals surface area contributed by atoms with Crippen LogP contribution < -0.4 is 4.46 Å². The van der Waals surface area contributed by atoms with Crippen LogP contribution in [0.1, 0.15) is 36.6 Å². The Labute approximate surface area is 178 Å².